The van der Waals surface area contributed by atoms with Gasteiger partial charge in [0.05, 0.1) is 6.61 Å². The van der Waals surface area contributed by atoms with Gasteiger partial charge in [-0.05, 0) is 6.92 Å². The van der Waals surface area contributed by atoms with Crippen molar-refractivity contribution in [2.24, 2.45) is 0 Å². The summed E-state index contributed by atoms with van der Waals surface area (Å²) in [6.07, 6.45) is 0. The molecular weight excluding hydrogens is 138 g/mol. The molecule has 0 saturated carbocycles. The minimum absolute atomic E-state index is 0.673. The van der Waals surface area contributed by atoms with Crippen LogP contribution in [0.1, 0.15) is 6.92 Å². The smallest absolute Gasteiger partial charge is 0.0590 e. The van der Waals surface area contributed by atoms with Gasteiger partial charge in [-0.25, -0.2) is 0 Å². The van der Waals surface area contributed by atoms with Crippen molar-refractivity contribution in [1.82, 2.24) is 5.32 Å². The van der Waals surface area contributed by atoms with Crippen molar-refractivity contribution < 1.29 is 4.74 Å². The normalized spacial score (nSPS) is 10.0. The minimum Gasteiger partial charge on any atom is -0.380 e. The molecule has 2 nitrogen and oxygen atoms in total. The van der Waals surface area contributed by atoms with Crippen molar-refractivity contribution in [3.63, 3.8) is 0 Å². The third kappa shape index (κ3) is 8.21. The van der Waals surface area contributed by atoms with Crippen LogP contribution in [-0.2, 0) is 4.74 Å². The quantitative estimate of drug-likeness (QED) is 0.449. The largest absolute Gasteiger partial charge is 0.380 e. The van der Waals surface area contributed by atoms with Crippen molar-refractivity contribution in [3.8, 4) is 0 Å². The Hall–Kier alpha value is 0.210. The highest BCUT2D eigenvalue weighted by molar-refractivity contribution is 6.18. The highest BCUT2D eigenvalue weighted by atomic mass is 35.5. The Morgan fingerprint density at radius 3 is 2.78 bits per heavy atom. The van der Waals surface area contributed by atoms with Gasteiger partial charge in [0, 0.05) is 25.6 Å². The fourth-order valence-corrected chi connectivity index (χ4v) is 0.614. The summed E-state index contributed by atoms with van der Waals surface area (Å²) in [5.41, 5.74) is 0. The molecule has 56 valence electrons. The molecule has 0 aliphatic rings. The second-order valence-electron chi connectivity index (χ2n) is 1.64. The summed E-state index contributed by atoms with van der Waals surface area (Å²) < 4.78 is 5.07. The molecule has 0 atom stereocenters. The number of ether oxygens (including phenoxy) is 1. The second kappa shape index (κ2) is 8.21. The molecule has 0 aliphatic heterocycles. The molecule has 0 aliphatic carbocycles. The lowest BCUT2D eigenvalue weighted by molar-refractivity contribution is 0.150. The first-order valence-corrected chi connectivity index (χ1v) is 3.79. The average molecular weight is 152 g/mol. The van der Waals surface area contributed by atoms with Gasteiger partial charge < -0.3 is 10.1 Å². The number of nitrogens with one attached hydrogen (secondary N) is 1. The van der Waals surface area contributed by atoms with Gasteiger partial charge in [-0.1, -0.05) is 0 Å². The van der Waals surface area contributed by atoms with E-state index in [2.05, 4.69) is 5.32 Å². The average Bonchev–Trinajstić information content (AvgIpc) is 1.89. The third-order valence-corrected chi connectivity index (χ3v) is 1.09. The molecule has 0 heterocycles. The van der Waals surface area contributed by atoms with Gasteiger partial charge in [0.2, 0.25) is 0 Å². The van der Waals surface area contributed by atoms with Crippen molar-refractivity contribution >= 4 is 11.6 Å². The lowest BCUT2D eigenvalue weighted by Gasteiger charge is -2.00. The molecule has 0 saturated heterocycles. The Bertz CT molecular complexity index is 46.3. The van der Waals surface area contributed by atoms with Gasteiger partial charge in [0.1, 0.15) is 0 Å². The highest BCUT2D eigenvalue weighted by Crippen LogP contribution is 1.72. The van der Waals surface area contributed by atoms with Crippen LogP contribution in [0.3, 0.4) is 0 Å². The number of hydrogen-bond donors (Lipinski definition) is 1. The predicted molar refractivity (Wildman–Crippen MR) is 40.1 cm³/mol. The van der Waals surface area contributed by atoms with Crippen LogP contribution in [0.15, 0.2) is 0 Å². The molecule has 0 fully saturated rings. The standard InChI is InChI=1S/C6H14ClNO/c1-2-9-6-5-8-4-3-7/h8H,2-6H2,1H3. The third-order valence-electron chi connectivity index (χ3n) is 0.899. The van der Waals surface area contributed by atoms with E-state index in [0.717, 1.165) is 26.3 Å². The van der Waals surface area contributed by atoms with E-state index in [9.17, 15) is 0 Å². The molecule has 0 aromatic carbocycles. The number of rotatable bonds is 6. The van der Waals surface area contributed by atoms with Gasteiger partial charge in [-0.2, -0.15) is 0 Å². The van der Waals surface area contributed by atoms with Crippen LogP contribution in [0.2, 0.25) is 0 Å². The van der Waals surface area contributed by atoms with Crippen LogP contribution in [0.5, 0.6) is 0 Å². The van der Waals surface area contributed by atoms with E-state index in [1.54, 1.807) is 0 Å². The Labute approximate surface area is 61.5 Å². The molecule has 0 aromatic rings. The molecule has 0 bridgehead atoms. The maximum absolute atomic E-state index is 5.41. The van der Waals surface area contributed by atoms with E-state index in [0.29, 0.717) is 5.88 Å². The lowest BCUT2D eigenvalue weighted by Crippen LogP contribution is -2.21. The van der Waals surface area contributed by atoms with Gasteiger partial charge >= 0.3 is 0 Å². The summed E-state index contributed by atoms with van der Waals surface area (Å²) in [6.45, 7) is 5.34. The monoisotopic (exact) mass is 151 g/mol. The van der Waals surface area contributed by atoms with Gasteiger partial charge in [-0.3, -0.25) is 0 Å². The summed E-state index contributed by atoms with van der Waals surface area (Å²) in [4.78, 5) is 0. The molecule has 0 spiro atoms. The highest BCUT2D eigenvalue weighted by Gasteiger charge is 1.83. The van der Waals surface area contributed by atoms with Crippen LogP contribution in [0.25, 0.3) is 0 Å². The molecule has 0 rings (SSSR count). The van der Waals surface area contributed by atoms with Gasteiger partial charge in [-0.15, -0.1) is 11.6 Å². The van der Waals surface area contributed by atoms with Crippen molar-refractivity contribution in [3.05, 3.63) is 0 Å². The Morgan fingerprint density at radius 1 is 1.44 bits per heavy atom. The Balaban J connectivity index is 2.60. The Kier molecular flexibility index (Phi) is 8.40. The summed E-state index contributed by atoms with van der Waals surface area (Å²) >= 11 is 5.41. The van der Waals surface area contributed by atoms with E-state index >= 15 is 0 Å². The molecule has 3 heteroatoms. The fourth-order valence-electron chi connectivity index (χ4n) is 0.480. The summed E-state index contributed by atoms with van der Waals surface area (Å²) in [5, 5.41) is 3.11. The van der Waals surface area contributed by atoms with Crippen molar-refractivity contribution in [2.45, 2.75) is 6.92 Å². The zero-order valence-electron chi connectivity index (χ0n) is 5.82. The van der Waals surface area contributed by atoms with Crippen LogP contribution in [-0.4, -0.2) is 32.2 Å². The first-order valence-electron chi connectivity index (χ1n) is 3.26. The second-order valence-corrected chi connectivity index (χ2v) is 2.01. The van der Waals surface area contributed by atoms with E-state index in [1.165, 1.54) is 0 Å². The molecule has 1 N–H and O–H groups in total. The van der Waals surface area contributed by atoms with E-state index < -0.39 is 0 Å². The van der Waals surface area contributed by atoms with E-state index in [4.69, 9.17) is 16.3 Å². The van der Waals surface area contributed by atoms with Crippen LogP contribution >= 0.6 is 11.6 Å². The van der Waals surface area contributed by atoms with Crippen LogP contribution < -0.4 is 5.32 Å². The van der Waals surface area contributed by atoms with Crippen LogP contribution in [0.4, 0.5) is 0 Å². The van der Waals surface area contributed by atoms with Crippen molar-refractivity contribution in [2.75, 3.05) is 32.2 Å². The zero-order chi connectivity index (χ0) is 6.95. The number of hydrogen-bond acceptors (Lipinski definition) is 2. The first kappa shape index (κ1) is 9.21. The summed E-state index contributed by atoms with van der Waals surface area (Å²) in [6, 6.07) is 0. The van der Waals surface area contributed by atoms with Crippen LogP contribution in [0, 0.1) is 0 Å². The SMILES string of the molecule is CCOCCNCCCl. The molecule has 9 heavy (non-hydrogen) atoms. The summed E-state index contributed by atoms with van der Waals surface area (Å²) in [7, 11) is 0. The fraction of sp³-hybridized carbons (Fsp3) is 1.00. The summed E-state index contributed by atoms with van der Waals surface area (Å²) in [5.74, 6) is 0.673. The Morgan fingerprint density at radius 2 is 2.22 bits per heavy atom. The minimum atomic E-state index is 0.673. The van der Waals surface area contributed by atoms with Gasteiger partial charge in [0.15, 0.2) is 0 Å². The maximum atomic E-state index is 5.41. The topological polar surface area (TPSA) is 21.3 Å². The molecule has 0 aromatic heterocycles. The molecule has 0 unspecified atom stereocenters. The lowest BCUT2D eigenvalue weighted by atomic mass is 10.6. The first-order chi connectivity index (χ1) is 4.41. The van der Waals surface area contributed by atoms with E-state index in [1.807, 2.05) is 6.92 Å². The molecule has 0 amide bonds. The molecule has 0 radical (unpaired) electrons. The number of alkyl halides is 1. The zero-order valence-corrected chi connectivity index (χ0v) is 6.58. The van der Waals surface area contributed by atoms with Gasteiger partial charge in [0.25, 0.3) is 0 Å². The maximum Gasteiger partial charge on any atom is 0.0590 e. The molecular formula is C6H14ClNO. The van der Waals surface area contributed by atoms with Crippen molar-refractivity contribution in [1.29, 1.82) is 0 Å². The number of halogens is 1. The predicted octanol–water partition coefficient (Wildman–Crippen LogP) is 0.851. The van der Waals surface area contributed by atoms with E-state index in [-0.39, 0.29) is 0 Å².